The fourth-order valence-corrected chi connectivity index (χ4v) is 4.06. The molecule has 1 aromatic heterocycles. The Balaban J connectivity index is 1.15. The van der Waals surface area contributed by atoms with Crippen molar-refractivity contribution in [3.05, 3.63) is 90.0 Å². The number of nitrogens with zero attached hydrogens (tertiary/aromatic N) is 6. The Labute approximate surface area is 211 Å². The van der Waals surface area contributed by atoms with Gasteiger partial charge in [0.05, 0.1) is 5.56 Å². The topological polar surface area (TPSA) is 96.2 Å². The van der Waals surface area contributed by atoms with E-state index >= 15 is 0 Å². The Morgan fingerprint density at radius 1 is 0.865 bits per heavy atom. The van der Waals surface area contributed by atoms with Gasteiger partial charge in [-0.2, -0.15) is 4.80 Å². The van der Waals surface area contributed by atoms with Gasteiger partial charge in [0.15, 0.2) is 0 Å². The molecule has 0 radical (unpaired) electrons. The van der Waals surface area contributed by atoms with Crippen LogP contribution in [0.2, 0.25) is 0 Å². The number of hydrogen-bond acceptors (Lipinski definition) is 6. The van der Waals surface area contributed by atoms with Crippen molar-refractivity contribution in [1.82, 2.24) is 25.1 Å². The summed E-state index contributed by atoms with van der Waals surface area (Å²) in [6, 6.07) is 18.8. The molecule has 3 aromatic carbocycles. The van der Waals surface area contributed by atoms with E-state index in [4.69, 9.17) is 0 Å². The summed E-state index contributed by atoms with van der Waals surface area (Å²) in [5.41, 5.74) is 2.02. The molecule has 1 saturated heterocycles. The molecular weight excluding hydrogens is 480 g/mol. The van der Waals surface area contributed by atoms with Crippen molar-refractivity contribution in [3.8, 4) is 11.4 Å². The molecule has 1 N–H and O–H groups in total. The first kappa shape index (κ1) is 24.0. The van der Waals surface area contributed by atoms with Gasteiger partial charge in [0.2, 0.25) is 11.7 Å². The molecule has 9 nitrogen and oxygen atoms in total. The van der Waals surface area contributed by atoms with Crippen molar-refractivity contribution in [2.45, 2.75) is 6.54 Å². The van der Waals surface area contributed by atoms with Crippen LogP contribution in [0.25, 0.3) is 11.4 Å². The lowest BCUT2D eigenvalue weighted by Gasteiger charge is -2.36. The summed E-state index contributed by atoms with van der Waals surface area (Å²) in [4.78, 5) is 30.1. The lowest BCUT2D eigenvalue weighted by atomic mass is 10.1. The average molecular weight is 504 g/mol. The van der Waals surface area contributed by atoms with Gasteiger partial charge in [-0.25, -0.2) is 8.78 Å². The van der Waals surface area contributed by atoms with E-state index < -0.39 is 11.7 Å². The Morgan fingerprint density at radius 2 is 1.57 bits per heavy atom. The number of aromatic nitrogens is 4. The number of carbonyl (C=O) groups excluding carboxylic acids is 2. The van der Waals surface area contributed by atoms with E-state index in [1.54, 1.807) is 47.4 Å². The molecule has 0 unspecified atom stereocenters. The molecule has 0 saturated carbocycles. The number of tetrazole rings is 1. The van der Waals surface area contributed by atoms with Crippen LogP contribution in [0.1, 0.15) is 10.4 Å². The number of carbonyl (C=O) groups is 2. The number of hydrogen-bond donors (Lipinski definition) is 1. The van der Waals surface area contributed by atoms with Crippen molar-refractivity contribution in [2.75, 3.05) is 36.4 Å². The van der Waals surface area contributed by atoms with Gasteiger partial charge in [-0.05, 0) is 65.9 Å². The summed E-state index contributed by atoms with van der Waals surface area (Å²) in [5, 5.41) is 15.0. The van der Waals surface area contributed by atoms with Gasteiger partial charge in [-0.15, -0.1) is 10.2 Å². The summed E-state index contributed by atoms with van der Waals surface area (Å²) in [5.74, 6) is -1.21. The highest BCUT2D eigenvalue weighted by Gasteiger charge is 2.22. The molecule has 5 rings (SSSR count). The minimum Gasteiger partial charge on any atom is -0.368 e. The number of halogens is 2. The summed E-state index contributed by atoms with van der Waals surface area (Å²) in [6.07, 6.45) is 0. The fourth-order valence-electron chi connectivity index (χ4n) is 4.06. The van der Waals surface area contributed by atoms with Gasteiger partial charge in [0.25, 0.3) is 5.91 Å². The highest BCUT2D eigenvalue weighted by molar-refractivity contribution is 6.04. The van der Waals surface area contributed by atoms with Crippen LogP contribution in [0.5, 0.6) is 0 Å². The zero-order valence-electron chi connectivity index (χ0n) is 19.7. The molecule has 188 valence electrons. The maximum absolute atomic E-state index is 13.8. The van der Waals surface area contributed by atoms with E-state index in [9.17, 15) is 18.4 Å². The third-order valence-corrected chi connectivity index (χ3v) is 6.07. The van der Waals surface area contributed by atoms with Crippen LogP contribution < -0.4 is 10.2 Å². The molecule has 1 fully saturated rings. The van der Waals surface area contributed by atoms with Crippen molar-refractivity contribution in [1.29, 1.82) is 0 Å². The van der Waals surface area contributed by atoms with E-state index in [1.165, 1.54) is 35.1 Å². The first-order chi connectivity index (χ1) is 18.0. The lowest BCUT2D eigenvalue weighted by molar-refractivity contribution is -0.132. The van der Waals surface area contributed by atoms with Crippen LogP contribution in [0.15, 0.2) is 72.8 Å². The predicted octanol–water partition coefficient (Wildman–Crippen LogP) is 3.22. The molecule has 1 aliphatic rings. The second-order valence-electron chi connectivity index (χ2n) is 8.50. The van der Waals surface area contributed by atoms with Crippen molar-refractivity contribution >= 4 is 23.2 Å². The SMILES string of the molecule is O=C(Nc1ccc(-c2nnn(CC(=O)N3CCN(c4ccc(F)cc4)CC3)n2)cc1)c1ccccc1F. The van der Waals surface area contributed by atoms with Crippen molar-refractivity contribution in [3.63, 3.8) is 0 Å². The Hall–Kier alpha value is -4.67. The number of benzene rings is 3. The molecule has 0 aliphatic carbocycles. The zero-order valence-corrected chi connectivity index (χ0v) is 19.7. The molecule has 2 heterocycles. The van der Waals surface area contributed by atoms with Crippen molar-refractivity contribution < 1.29 is 18.4 Å². The average Bonchev–Trinajstić information content (AvgIpc) is 3.38. The standard InChI is InChI=1S/C26H23F2N7O2/c27-19-7-11-21(12-8-19)33-13-15-34(16-14-33)24(36)17-35-31-25(30-32-35)18-5-9-20(10-6-18)29-26(37)22-3-1-2-4-23(22)28/h1-12H,13-17H2,(H,29,37). The van der Waals surface area contributed by atoms with Gasteiger partial charge >= 0.3 is 0 Å². The van der Waals surface area contributed by atoms with Gasteiger partial charge in [-0.1, -0.05) is 12.1 Å². The number of nitrogens with one attached hydrogen (secondary N) is 1. The van der Waals surface area contributed by atoms with E-state index in [-0.39, 0.29) is 23.8 Å². The molecular formula is C26H23F2N7O2. The smallest absolute Gasteiger partial charge is 0.258 e. The van der Waals surface area contributed by atoms with Crippen LogP contribution in [0.3, 0.4) is 0 Å². The molecule has 1 aliphatic heterocycles. The summed E-state index contributed by atoms with van der Waals surface area (Å²) in [6.45, 7) is 2.33. The van der Waals surface area contributed by atoms with Gasteiger partial charge in [-0.3, -0.25) is 9.59 Å². The lowest BCUT2D eigenvalue weighted by Crippen LogP contribution is -2.49. The van der Waals surface area contributed by atoms with E-state index in [1.807, 2.05) is 0 Å². The van der Waals surface area contributed by atoms with E-state index in [2.05, 4.69) is 25.6 Å². The van der Waals surface area contributed by atoms with Crippen LogP contribution in [-0.4, -0.2) is 63.1 Å². The highest BCUT2D eigenvalue weighted by Crippen LogP contribution is 2.19. The van der Waals surface area contributed by atoms with Crippen LogP contribution in [-0.2, 0) is 11.3 Å². The van der Waals surface area contributed by atoms with Gasteiger partial charge < -0.3 is 15.1 Å². The molecule has 2 amide bonds. The Bertz CT molecular complexity index is 1400. The zero-order chi connectivity index (χ0) is 25.8. The van der Waals surface area contributed by atoms with Crippen LogP contribution in [0.4, 0.5) is 20.2 Å². The summed E-state index contributed by atoms with van der Waals surface area (Å²) in [7, 11) is 0. The third-order valence-electron chi connectivity index (χ3n) is 6.07. The normalized spacial score (nSPS) is 13.5. The first-order valence-corrected chi connectivity index (χ1v) is 11.7. The van der Waals surface area contributed by atoms with Gasteiger partial charge in [0.1, 0.15) is 18.2 Å². The van der Waals surface area contributed by atoms with E-state index in [0.29, 0.717) is 43.3 Å². The number of amides is 2. The van der Waals surface area contributed by atoms with Crippen molar-refractivity contribution in [2.24, 2.45) is 0 Å². The highest BCUT2D eigenvalue weighted by atomic mass is 19.1. The minimum atomic E-state index is -0.596. The minimum absolute atomic E-state index is 0.0413. The maximum Gasteiger partial charge on any atom is 0.258 e. The molecule has 0 spiro atoms. The van der Waals surface area contributed by atoms with E-state index in [0.717, 1.165) is 5.69 Å². The molecule has 11 heteroatoms. The second kappa shape index (κ2) is 10.5. The van der Waals surface area contributed by atoms with Crippen LogP contribution >= 0.6 is 0 Å². The largest absolute Gasteiger partial charge is 0.368 e. The number of anilines is 2. The maximum atomic E-state index is 13.8. The Kier molecular flexibility index (Phi) is 6.84. The van der Waals surface area contributed by atoms with Gasteiger partial charge in [0, 0.05) is 43.1 Å². The monoisotopic (exact) mass is 503 g/mol. The molecule has 0 bridgehead atoms. The molecule has 4 aromatic rings. The predicted molar refractivity (Wildman–Crippen MR) is 133 cm³/mol. The Morgan fingerprint density at radius 3 is 2.27 bits per heavy atom. The summed E-state index contributed by atoms with van der Waals surface area (Å²) >= 11 is 0. The molecule has 0 atom stereocenters. The number of rotatable bonds is 6. The number of piperazine rings is 1. The summed E-state index contributed by atoms with van der Waals surface area (Å²) < 4.78 is 27.0. The first-order valence-electron chi connectivity index (χ1n) is 11.7. The van der Waals surface area contributed by atoms with Crippen LogP contribution in [0, 0.1) is 11.6 Å². The fraction of sp³-hybridized carbons (Fsp3) is 0.192. The second-order valence-corrected chi connectivity index (χ2v) is 8.50. The molecule has 37 heavy (non-hydrogen) atoms. The quantitative estimate of drug-likeness (QED) is 0.434. The third kappa shape index (κ3) is 5.61.